The predicted octanol–water partition coefficient (Wildman–Crippen LogP) is 5.28. The Balaban J connectivity index is 1.86. The van der Waals surface area contributed by atoms with Gasteiger partial charge in [-0.25, -0.2) is 0 Å². The Labute approximate surface area is 145 Å². The summed E-state index contributed by atoms with van der Waals surface area (Å²) in [6.45, 7) is 2.87. The van der Waals surface area contributed by atoms with E-state index in [0.717, 1.165) is 40.9 Å². The minimum Gasteiger partial charge on any atom is -0.494 e. The summed E-state index contributed by atoms with van der Waals surface area (Å²) in [5.41, 5.74) is 1.72. The first-order chi connectivity index (χ1) is 11.2. The maximum absolute atomic E-state index is 11.9. The number of anilines is 1. The van der Waals surface area contributed by atoms with Crippen LogP contribution < -0.4 is 10.1 Å². The second-order valence-electron chi connectivity index (χ2n) is 5.10. The van der Waals surface area contributed by atoms with Crippen LogP contribution in [0.15, 0.2) is 59.1 Å². The van der Waals surface area contributed by atoms with Crippen LogP contribution in [0.5, 0.6) is 5.75 Å². The van der Waals surface area contributed by atoms with Crippen molar-refractivity contribution >= 4 is 33.6 Å². The van der Waals surface area contributed by atoms with Crippen molar-refractivity contribution in [1.82, 2.24) is 0 Å². The van der Waals surface area contributed by atoms with E-state index in [1.54, 1.807) is 6.08 Å². The van der Waals surface area contributed by atoms with Crippen LogP contribution in [0.1, 0.15) is 25.3 Å². The SMILES string of the molecule is CCCCOc1ccc(C=CC(=O)Nc2ccc(Br)cc2)cc1. The minimum absolute atomic E-state index is 0.157. The van der Waals surface area contributed by atoms with Gasteiger partial charge in [-0.15, -0.1) is 0 Å². The molecule has 4 heteroatoms. The molecule has 0 atom stereocenters. The van der Waals surface area contributed by atoms with Crippen LogP contribution in [0, 0.1) is 0 Å². The number of carbonyl (C=O) groups excluding carboxylic acids is 1. The van der Waals surface area contributed by atoms with Gasteiger partial charge in [0.05, 0.1) is 6.61 Å². The molecule has 0 heterocycles. The van der Waals surface area contributed by atoms with Crippen molar-refractivity contribution in [3.63, 3.8) is 0 Å². The molecule has 0 radical (unpaired) electrons. The van der Waals surface area contributed by atoms with E-state index < -0.39 is 0 Å². The van der Waals surface area contributed by atoms with E-state index in [9.17, 15) is 4.79 Å². The zero-order valence-corrected chi connectivity index (χ0v) is 14.7. The molecule has 0 saturated heterocycles. The quantitative estimate of drug-likeness (QED) is 0.529. The standard InChI is InChI=1S/C19H20BrNO2/c1-2-3-14-23-18-11-4-15(5-12-18)6-13-19(22)21-17-9-7-16(20)8-10-17/h4-13H,2-3,14H2,1H3,(H,21,22). The number of unbranched alkanes of at least 4 members (excludes halogenated alkanes) is 1. The topological polar surface area (TPSA) is 38.3 Å². The van der Waals surface area contributed by atoms with Crippen molar-refractivity contribution in [1.29, 1.82) is 0 Å². The summed E-state index contributed by atoms with van der Waals surface area (Å²) in [7, 11) is 0. The van der Waals surface area contributed by atoms with Crippen molar-refractivity contribution in [2.45, 2.75) is 19.8 Å². The van der Waals surface area contributed by atoms with Gasteiger partial charge in [0.25, 0.3) is 0 Å². The molecule has 2 aromatic rings. The fourth-order valence-corrected chi connectivity index (χ4v) is 2.16. The van der Waals surface area contributed by atoms with Crippen LogP contribution in [0.2, 0.25) is 0 Å². The summed E-state index contributed by atoms with van der Waals surface area (Å²) in [5, 5.41) is 2.81. The van der Waals surface area contributed by atoms with E-state index in [1.807, 2.05) is 48.5 Å². The zero-order valence-electron chi connectivity index (χ0n) is 13.1. The van der Waals surface area contributed by atoms with Gasteiger partial charge in [0.15, 0.2) is 0 Å². The fourth-order valence-electron chi connectivity index (χ4n) is 1.90. The van der Waals surface area contributed by atoms with E-state index >= 15 is 0 Å². The van der Waals surface area contributed by atoms with E-state index in [4.69, 9.17) is 4.74 Å². The number of rotatable bonds is 7. The van der Waals surface area contributed by atoms with E-state index in [0.29, 0.717) is 0 Å². The number of amides is 1. The summed E-state index contributed by atoms with van der Waals surface area (Å²) >= 11 is 3.36. The number of halogens is 1. The van der Waals surface area contributed by atoms with Gasteiger partial charge in [-0.1, -0.05) is 41.4 Å². The number of hydrogen-bond donors (Lipinski definition) is 1. The maximum atomic E-state index is 11.9. The average Bonchev–Trinajstić information content (AvgIpc) is 2.56. The first kappa shape index (κ1) is 17.3. The molecule has 1 amide bonds. The third-order valence-electron chi connectivity index (χ3n) is 3.19. The number of hydrogen-bond acceptors (Lipinski definition) is 2. The molecular weight excluding hydrogens is 354 g/mol. The molecule has 0 spiro atoms. The van der Waals surface area contributed by atoms with E-state index in [-0.39, 0.29) is 5.91 Å². The van der Waals surface area contributed by atoms with Crippen molar-refractivity contribution in [2.75, 3.05) is 11.9 Å². The average molecular weight is 374 g/mol. The second kappa shape index (κ2) is 9.16. The lowest BCUT2D eigenvalue weighted by molar-refractivity contribution is -0.111. The van der Waals surface area contributed by atoms with Crippen LogP contribution >= 0.6 is 15.9 Å². The van der Waals surface area contributed by atoms with Crippen LogP contribution in [0.3, 0.4) is 0 Å². The molecule has 0 aliphatic rings. The highest BCUT2D eigenvalue weighted by Gasteiger charge is 1.98. The lowest BCUT2D eigenvalue weighted by Gasteiger charge is -2.05. The molecule has 0 fully saturated rings. The van der Waals surface area contributed by atoms with Gasteiger partial charge in [0.1, 0.15) is 5.75 Å². The van der Waals surface area contributed by atoms with Gasteiger partial charge in [-0.05, 0) is 54.5 Å². The largest absolute Gasteiger partial charge is 0.494 e. The van der Waals surface area contributed by atoms with Gasteiger partial charge in [-0.2, -0.15) is 0 Å². The Kier molecular flexibility index (Phi) is 6.88. The molecule has 3 nitrogen and oxygen atoms in total. The van der Waals surface area contributed by atoms with Crippen LogP contribution in [0.4, 0.5) is 5.69 Å². The van der Waals surface area contributed by atoms with E-state index in [2.05, 4.69) is 28.2 Å². The Hall–Kier alpha value is -2.07. The molecule has 0 aromatic heterocycles. The molecule has 0 bridgehead atoms. The lowest BCUT2D eigenvalue weighted by Crippen LogP contribution is -2.07. The number of ether oxygens (including phenoxy) is 1. The molecule has 2 rings (SSSR count). The lowest BCUT2D eigenvalue weighted by atomic mass is 10.2. The normalized spacial score (nSPS) is 10.7. The highest BCUT2D eigenvalue weighted by atomic mass is 79.9. The summed E-state index contributed by atoms with van der Waals surface area (Å²) in [4.78, 5) is 11.9. The predicted molar refractivity (Wildman–Crippen MR) is 98.7 cm³/mol. The number of carbonyl (C=O) groups is 1. The molecule has 23 heavy (non-hydrogen) atoms. The van der Waals surface area contributed by atoms with Crippen LogP contribution in [-0.2, 0) is 4.79 Å². The summed E-state index contributed by atoms with van der Waals surface area (Å²) in [6.07, 6.45) is 5.48. The molecule has 1 N–H and O–H groups in total. The van der Waals surface area contributed by atoms with Gasteiger partial charge < -0.3 is 10.1 Å². The molecule has 2 aromatic carbocycles. The number of benzene rings is 2. The molecule has 0 aliphatic heterocycles. The van der Waals surface area contributed by atoms with Crippen molar-refractivity contribution in [3.8, 4) is 5.75 Å². The van der Waals surface area contributed by atoms with Gasteiger partial charge in [-0.3, -0.25) is 4.79 Å². The molecule has 0 saturated carbocycles. The first-order valence-corrected chi connectivity index (χ1v) is 8.44. The maximum Gasteiger partial charge on any atom is 0.248 e. The highest BCUT2D eigenvalue weighted by molar-refractivity contribution is 9.10. The Bertz CT molecular complexity index is 648. The van der Waals surface area contributed by atoms with Gasteiger partial charge >= 0.3 is 0 Å². The second-order valence-corrected chi connectivity index (χ2v) is 6.02. The number of nitrogens with one attached hydrogen (secondary N) is 1. The molecule has 0 unspecified atom stereocenters. The minimum atomic E-state index is -0.157. The Morgan fingerprint density at radius 1 is 1.13 bits per heavy atom. The van der Waals surface area contributed by atoms with Crippen LogP contribution in [0.25, 0.3) is 6.08 Å². The zero-order chi connectivity index (χ0) is 16.5. The summed E-state index contributed by atoms with van der Waals surface area (Å²) in [6, 6.07) is 15.2. The molecular formula is C19H20BrNO2. The summed E-state index contributed by atoms with van der Waals surface area (Å²) in [5.74, 6) is 0.700. The molecule has 120 valence electrons. The van der Waals surface area contributed by atoms with Gasteiger partial charge in [0.2, 0.25) is 5.91 Å². The smallest absolute Gasteiger partial charge is 0.248 e. The third kappa shape index (κ3) is 6.28. The Morgan fingerprint density at radius 2 is 1.83 bits per heavy atom. The van der Waals surface area contributed by atoms with Crippen LogP contribution in [-0.4, -0.2) is 12.5 Å². The van der Waals surface area contributed by atoms with E-state index in [1.165, 1.54) is 6.08 Å². The van der Waals surface area contributed by atoms with Crippen molar-refractivity contribution < 1.29 is 9.53 Å². The highest BCUT2D eigenvalue weighted by Crippen LogP contribution is 2.15. The monoisotopic (exact) mass is 373 g/mol. The Morgan fingerprint density at radius 3 is 2.48 bits per heavy atom. The first-order valence-electron chi connectivity index (χ1n) is 7.65. The fraction of sp³-hybridized carbons (Fsp3) is 0.211. The van der Waals surface area contributed by atoms with Gasteiger partial charge in [0, 0.05) is 16.2 Å². The summed E-state index contributed by atoms with van der Waals surface area (Å²) < 4.78 is 6.59. The molecule has 0 aliphatic carbocycles. The van der Waals surface area contributed by atoms with Crippen molar-refractivity contribution in [2.24, 2.45) is 0 Å². The van der Waals surface area contributed by atoms with Crippen molar-refractivity contribution in [3.05, 3.63) is 64.6 Å². The third-order valence-corrected chi connectivity index (χ3v) is 3.71.